The van der Waals surface area contributed by atoms with Gasteiger partial charge in [0.2, 0.25) is 0 Å². The Labute approximate surface area is 202 Å². The molecule has 0 atom stereocenters. The SMILES string of the molecule is O=C(O)C1=CN(C(=O)c2ccc(F)cc2)CCc2c1[nH]c1cc(NCCN3CCOCC3)ccc21. The number of carbonyl (C=O) groups is 2. The van der Waals surface area contributed by atoms with Gasteiger partial charge in [0.25, 0.3) is 5.91 Å². The number of aliphatic carboxylic acids is 1. The summed E-state index contributed by atoms with van der Waals surface area (Å²) in [6, 6.07) is 11.2. The normalized spacial score (nSPS) is 16.5. The molecule has 9 heteroatoms. The van der Waals surface area contributed by atoms with Crippen molar-refractivity contribution >= 4 is 34.0 Å². The molecule has 0 unspecified atom stereocenters. The van der Waals surface area contributed by atoms with Gasteiger partial charge in [0.15, 0.2) is 0 Å². The Morgan fingerprint density at radius 2 is 1.86 bits per heavy atom. The lowest BCUT2D eigenvalue weighted by atomic mass is 10.0. The Bertz CT molecular complexity index is 1280. The standard InChI is InChI=1S/C26H27FN4O4/c27-18-3-1-17(2-4-18)25(32)31-9-7-21-20-6-5-19(28-8-10-30-11-13-35-14-12-30)15-23(20)29-24(21)22(16-31)26(33)34/h1-6,15-16,28-29H,7-14H2,(H,33,34). The number of fused-ring (bicyclic) bond motifs is 3. The van der Waals surface area contributed by atoms with E-state index in [9.17, 15) is 19.1 Å². The maximum atomic E-state index is 13.3. The van der Waals surface area contributed by atoms with Crippen LogP contribution < -0.4 is 5.32 Å². The highest BCUT2D eigenvalue weighted by atomic mass is 19.1. The van der Waals surface area contributed by atoms with E-state index in [2.05, 4.69) is 15.2 Å². The molecule has 5 rings (SSSR count). The van der Waals surface area contributed by atoms with E-state index >= 15 is 0 Å². The van der Waals surface area contributed by atoms with Gasteiger partial charge >= 0.3 is 5.97 Å². The molecule has 0 saturated carbocycles. The molecule has 3 heterocycles. The first kappa shape index (κ1) is 23.1. The van der Waals surface area contributed by atoms with Crippen LogP contribution in [0.1, 0.15) is 21.6 Å². The van der Waals surface area contributed by atoms with Crippen LogP contribution in [0.15, 0.2) is 48.7 Å². The lowest BCUT2D eigenvalue weighted by Gasteiger charge is -2.26. The number of morpholine rings is 1. The maximum absolute atomic E-state index is 13.3. The van der Waals surface area contributed by atoms with Crippen LogP contribution in [0.4, 0.5) is 10.1 Å². The molecule has 3 N–H and O–H groups in total. The Hall–Kier alpha value is -3.69. The molecule has 2 aliphatic heterocycles. The number of aromatic nitrogens is 1. The highest BCUT2D eigenvalue weighted by Gasteiger charge is 2.27. The van der Waals surface area contributed by atoms with Crippen LogP contribution in [0.5, 0.6) is 0 Å². The molecule has 2 aromatic carbocycles. The summed E-state index contributed by atoms with van der Waals surface area (Å²) in [6.45, 7) is 5.45. The first-order valence-corrected chi connectivity index (χ1v) is 11.7. The number of anilines is 1. The Morgan fingerprint density at radius 1 is 1.09 bits per heavy atom. The van der Waals surface area contributed by atoms with Crippen molar-refractivity contribution in [2.24, 2.45) is 0 Å². The van der Waals surface area contributed by atoms with Gasteiger partial charge in [0, 0.05) is 61.1 Å². The molecule has 182 valence electrons. The average Bonchev–Trinajstić information content (AvgIpc) is 3.10. The zero-order chi connectivity index (χ0) is 24.4. The fraction of sp³-hybridized carbons (Fsp3) is 0.308. The number of halogens is 1. The van der Waals surface area contributed by atoms with Gasteiger partial charge < -0.3 is 25.0 Å². The summed E-state index contributed by atoms with van der Waals surface area (Å²) in [5.74, 6) is -1.93. The third-order valence-electron chi connectivity index (χ3n) is 6.51. The zero-order valence-electron chi connectivity index (χ0n) is 19.2. The Balaban J connectivity index is 1.37. The van der Waals surface area contributed by atoms with Crippen molar-refractivity contribution in [3.63, 3.8) is 0 Å². The van der Waals surface area contributed by atoms with Gasteiger partial charge in [-0.15, -0.1) is 0 Å². The van der Waals surface area contributed by atoms with Crippen molar-refractivity contribution in [2.45, 2.75) is 6.42 Å². The van der Waals surface area contributed by atoms with E-state index in [0.717, 1.165) is 61.5 Å². The molecular weight excluding hydrogens is 451 g/mol. The predicted octanol–water partition coefficient (Wildman–Crippen LogP) is 3.18. The van der Waals surface area contributed by atoms with Crippen molar-refractivity contribution in [3.05, 3.63) is 71.3 Å². The number of hydrogen-bond donors (Lipinski definition) is 3. The first-order valence-electron chi connectivity index (χ1n) is 11.7. The Morgan fingerprint density at radius 3 is 2.60 bits per heavy atom. The summed E-state index contributed by atoms with van der Waals surface area (Å²) in [5, 5.41) is 14.3. The average molecular weight is 479 g/mol. The van der Waals surface area contributed by atoms with E-state index in [4.69, 9.17) is 4.74 Å². The molecule has 1 saturated heterocycles. The third kappa shape index (κ3) is 4.91. The van der Waals surface area contributed by atoms with Crippen LogP contribution >= 0.6 is 0 Å². The molecule has 1 fully saturated rings. The van der Waals surface area contributed by atoms with Crippen molar-refractivity contribution in [3.8, 4) is 0 Å². The summed E-state index contributed by atoms with van der Waals surface area (Å²) in [4.78, 5) is 32.1. The Kier molecular flexibility index (Phi) is 6.52. The topological polar surface area (TPSA) is 97.9 Å². The summed E-state index contributed by atoms with van der Waals surface area (Å²) < 4.78 is 18.6. The maximum Gasteiger partial charge on any atom is 0.339 e. The molecule has 8 nitrogen and oxygen atoms in total. The number of ether oxygens (including phenoxy) is 1. The second-order valence-electron chi connectivity index (χ2n) is 8.72. The molecular formula is C26H27FN4O4. The van der Waals surface area contributed by atoms with Gasteiger partial charge in [-0.05, 0) is 48.4 Å². The number of benzene rings is 2. The van der Waals surface area contributed by atoms with Crippen LogP contribution in [-0.2, 0) is 16.0 Å². The van der Waals surface area contributed by atoms with E-state index in [1.807, 2.05) is 18.2 Å². The summed E-state index contributed by atoms with van der Waals surface area (Å²) >= 11 is 0. The van der Waals surface area contributed by atoms with Gasteiger partial charge in [0.05, 0.1) is 24.5 Å². The van der Waals surface area contributed by atoms with Gasteiger partial charge in [0.1, 0.15) is 5.82 Å². The largest absolute Gasteiger partial charge is 0.478 e. The number of aromatic amines is 1. The molecule has 2 aliphatic rings. The van der Waals surface area contributed by atoms with E-state index in [1.54, 1.807) is 0 Å². The number of carboxylic acid groups (broad SMARTS) is 1. The molecule has 0 aliphatic carbocycles. The van der Waals surface area contributed by atoms with Crippen LogP contribution in [-0.4, -0.2) is 77.7 Å². The fourth-order valence-corrected chi connectivity index (χ4v) is 4.64. The molecule has 0 bridgehead atoms. The molecule has 3 aromatic rings. The number of carbonyl (C=O) groups excluding carboxylic acids is 1. The summed E-state index contributed by atoms with van der Waals surface area (Å²) in [6.07, 6.45) is 1.86. The monoisotopic (exact) mass is 478 g/mol. The molecule has 35 heavy (non-hydrogen) atoms. The van der Waals surface area contributed by atoms with Crippen molar-refractivity contribution < 1.29 is 23.8 Å². The number of amides is 1. The lowest BCUT2D eigenvalue weighted by Crippen LogP contribution is -2.38. The lowest BCUT2D eigenvalue weighted by molar-refractivity contribution is -0.130. The molecule has 1 amide bonds. The summed E-state index contributed by atoms with van der Waals surface area (Å²) in [7, 11) is 0. The van der Waals surface area contributed by atoms with Crippen LogP contribution in [0, 0.1) is 5.82 Å². The van der Waals surface area contributed by atoms with Crippen molar-refractivity contribution in [1.82, 2.24) is 14.8 Å². The number of nitrogens with zero attached hydrogens (tertiary/aromatic N) is 2. The van der Waals surface area contributed by atoms with E-state index in [-0.39, 0.29) is 11.5 Å². The van der Waals surface area contributed by atoms with E-state index in [1.165, 1.54) is 35.4 Å². The predicted molar refractivity (Wildman–Crippen MR) is 131 cm³/mol. The van der Waals surface area contributed by atoms with Crippen LogP contribution in [0.3, 0.4) is 0 Å². The highest BCUT2D eigenvalue weighted by Crippen LogP contribution is 2.32. The number of hydrogen-bond acceptors (Lipinski definition) is 5. The molecule has 1 aromatic heterocycles. The van der Waals surface area contributed by atoms with E-state index in [0.29, 0.717) is 24.2 Å². The quantitative estimate of drug-likeness (QED) is 0.504. The van der Waals surface area contributed by atoms with E-state index < -0.39 is 11.8 Å². The number of carboxylic acids is 1. The van der Waals surface area contributed by atoms with Gasteiger partial charge in [-0.25, -0.2) is 9.18 Å². The van der Waals surface area contributed by atoms with Gasteiger partial charge in [-0.2, -0.15) is 0 Å². The third-order valence-corrected chi connectivity index (χ3v) is 6.51. The van der Waals surface area contributed by atoms with Crippen molar-refractivity contribution in [2.75, 3.05) is 51.3 Å². The number of nitrogens with one attached hydrogen (secondary N) is 2. The number of rotatable bonds is 6. The first-order chi connectivity index (χ1) is 17.0. The number of H-pyrrole nitrogens is 1. The second kappa shape index (κ2) is 9.89. The van der Waals surface area contributed by atoms with Crippen molar-refractivity contribution in [1.29, 1.82) is 0 Å². The minimum atomic E-state index is -1.12. The smallest absolute Gasteiger partial charge is 0.339 e. The second-order valence-corrected chi connectivity index (χ2v) is 8.72. The van der Waals surface area contributed by atoms with Crippen LogP contribution in [0.25, 0.3) is 16.5 Å². The molecule has 0 radical (unpaired) electrons. The minimum Gasteiger partial charge on any atom is -0.478 e. The highest BCUT2D eigenvalue weighted by molar-refractivity contribution is 6.17. The minimum absolute atomic E-state index is 0.0194. The fourth-order valence-electron chi connectivity index (χ4n) is 4.64. The van der Waals surface area contributed by atoms with Gasteiger partial charge in [-0.1, -0.05) is 6.07 Å². The molecule has 0 spiro atoms. The van der Waals surface area contributed by atoms with Crippen LogP contribution in [0.2, 0.25) is 0 Å². The zero-order valence-corrected chi connectivity index (χ0v) is 19.2. The summed E-state index contributed by atoms with van der Waals surface area (Å²) in [5.41, 5.74) is 3.49. The van der Waals surface area contributed by atoms with Gasteiger partial charge in [-0.3, -0.25) is 9.69 Å².